The molecule has 4 nitrogen and oxygen atoms in total. The van der Waals surface area contributed by atoms with Crippen LogP contribution < -0.4 is 26.2 Å². The molecule has 0 N–H and O–H groups in total. The lowest BCUT2D eigenvalue weighted by Gasteiger charge is -2.29. The number of hydrogen-bond donors (Lipinski definition) is 0. The highest BCUT2D eigenvalue weighted by Crippen LogP contribution is 2.55. The van der Waals surface area contributed by atoms with Crippen LogP contribution in [-0.4, -0.2) is 29.6 Å². The Morgan fingerprint density at radius 1 is 0.773 bits per heavy atom. The van der Waals surface area contributed by atoms with E-state index >= 15 is 4.39 Å². The van der Waals surface area contributed by atoms with Crippen LogP contribution in [0.5, 0.6) is 0 Å². The van der Waals surface area contributed by atoms with E-state index in [2.05, 4.69) is 82.3 Å². The number of aromatic nitrogens is 1. The van der Waals surface area contributed by atoms with Gasteiger partial charge in [0, 0.05) is 37.1 Å². The predicted octanol–water partition coefficient (Wildman–Crippen LogP) is 7.03. The van der Waals surface area contributed by atoms with Gasteiger partial charge in [-0.15, -0.1) is 0 Å². The third kappa shape index (κ3) is 5.28. The zero-order chi connectivity index (χ0) is 30.1. The summed E-state index contributed by atoms with van der Waals surface area (Å²) in [7, 11) is -2.23. The van der Waals surface area contributed by atoms with E-state index in [0.717, 1.165) is 50.7 Å². The summed E-state index contributed by atoms with van der Waals surface area (Å²) in [6, 6.07) is 34.8. The first-order chi connectivity index (χ1) is 21.6. The second kappa shape index (κ2) is 12.1. The summed E-state index contributed by atoms with van der Waals surface area (Å²) in [6.07, 6.45) is 7.81. The minimum Gasteiger partial charge on any atom is -0.369 e. The van der Waals surface area contributed by atoms with E-state index in [4.69, 9.17) is 0 Å². The fraction of sp³-hybridized carbons (Fsp3) is 0.263. The van der Waals surface area contributed by atoms with Crippen LogP contribution in [0, 0.1) is 5.82 Å². The fourth-order valence-corrected chi connectivity index (χ4v) is 11.1. The van der Waals surface area contributed by atoms with Crippen molar-refractivity contribution in [3.63, 3.8) is 0 Å². The summed E-state index contributed by atoms with van der Waals surface area (Å²) in [6.45, 7) is 1.64. The van der Waals surface area contributed by atoms with Gasteiger partial charge in [-0.25, -0.2) is 4.39 Å². The van der Waals surface area contributed by atoms with Crippen molar-refractivity contribution in [3.05, 3.63) is 131 Å². The van der Waals surface area contributed by atoms with E-state index < -0.39 is 7.26 Å². The van der Waals surface area contributed by atoms with Crippen molar-refractivity contribution in [2.75, 3.05) is 24.2 Å². The van der Waals surface area contributed by atoms with E-state index in [0.29, 0.717) is 17.2 Å². The van der Waals surface area contributed by atoms with Crippen LogP contribution in [0.25, 0.3) is 10.9 Å². The molecule has 6 heteroatoms. The van der Waals surface area contributed by atoms with Crippen molar-refractivity contribution in [3.8, 4) is 0 Å². The molecule has 1 saturated carbocycles. The molecule has 1 aliphatic heterocycles. The number of piperidine rings is 1. The maximum atomic E-state index is 15.6. The normalized spacial score (nSPS) is 15.4. The maximum Gasteiger partial charge on any atom is 0.200 e. The van der Waals surface area contributed by atoms with Crippen LogP contribution in [0.1, 0.15) is 54.9 Å². The number of anilines is 1. The lowest BCUT2D eigenvalue weighted by molar-refractivity contribution is 0.0987. The van der Waals surface area contributed by atoms with Crippen molar-refractivity contribution < 1.29 is 9.18 Å². The third-order valence-corrected chi connectivity index (χ3v) is 13.7. The Bertz CT molecular complexity index is 1750. The Balaban J connectivity index is 1.30. The molecule has 4 aromatic carbocycles. The number of carbonyl (C=O) groups is 1. The van der Waals surface area contributed by atoms with Gasteiger partial charge in [-0.05, 0) is 80.6 Å². The van der Waals surface area contributed by atoms with Gasteiger partial charge in [-0.3, -0.25) is 9.59 Å². The Hall–Kier alpha value is -4.08. The number of pyridine rings is 1. The zero-order valence-electron chi connectivity index (χ0n) is 24.9. The highest BCUT2D eigenvalue weighted by atomic mass is 31.2. The first-order valence-electron chi connectivity index (χ1n) is 15.8. The summed E-state index contributed by atoms with van der Waals surface area (Å²) in [4.78, 5) is 30.2. The minimum absolute atomic E-state index is 0.168. The van der Waals surface area contributed by atoms with Crippen LogP contribution in [-0.2, 0) is 0 Å². The van der Waals surface area contributed by atoms with Gasteiger partial charge in [-0.1, -0.05) is 54.6 Å². The number of fused-ring (bicyclic) bond motifs is 1. The molecule has 1 saturated heterocycles. The Morgan fingerprint density at radius 2 is 1.32 bits per heavy atom. The van der Waals surface area contributed by atoms with Crippen molar-refractivity contribution >= 4 is 45.5 Å². The van der Waals surface area contributed by atoms with E-state index in [-0.39, 0.29) is 35.1 Å². The second-order valence-electron chi connectivity index (χ2n) is 12.1. The predicted molar refractivity (Wildman–Crippen MR) is 181 cm³/mol. The van der Waals surface area contributed by atoms with Gasteiger partial charge in [-0.2, -0.15) is 0 Å². The second-order valence-corrected chi connectivity index (χ2v) is 15.7. The molecular formula is C38H37FN2O2P+. The van der Waals surface area contributed by atoms with Crippen LogP contribution in [0.4, 0.5) is 10.1 Å². The third-order valence-electron chi connectivity index (χ3n) is 9.30. The lowest BCUT2D eigenvalue weighted by atomic mass is 10.0. The molecule has 1 aliphatic carbocycles. The van der Waals surface area contributed by atoms with Crippen LogP contribution in [0.15, 0.2) is 114 Å². The number of carbonyl (C=O) groups excluding carboxylic acids is 1. The molecule has 0 unspecified atom stereocenters. The topological polar surface area (TPSA) is 42.3 Å². The van der Waals surface area contributed by atoms with Crippen molar-refractivity contribution in [2.45, 2.75) is 44.6 Å². The maximum absolute atomic E-state index is 15.6. The number of Topliss-reactive ketones (excluding diaryl/α,β-unsaturated/α-hetero) is 1. The fourth-order valence-electron chi connectivity index (χ4n) is 6.88. The Kier molecular flexibility index (Phi) is 7.91. The molecule has 2 aliphatic rings. The van der Waals surface area contributed by atoms with Gasteiger partial charge in [0.05, 0.1) is 22.9 Å². The summed E-state index contributed by atoms with van der Waals surface area (Å²) in [5.74, 6) is -0.565. The molecule has 44 heavy (non-hydrogen) atoms. The molecule has 0 atom stereocenters. The smallest absolute Gasteiger partial charge is 0.200 e. The molecule has 0 radical (unpaired) electrons. The van der Waals surface area contributed by atoms with Crippen LogP contribution >= 0.6 is 7.26 Å². The largest absolute Gasteiger partial charge is 0.369 e. The van der Waals surface area contributed by atoms with Gasteiger partial charge >= 0.3 is 0 Å². The van der Waals surface area contributed by atoms with Gasteiger partial charge in [0.2, 0.25) is 0 Å². The lowest BCUT2D eigenvalue weighted by Crippen LogP contribution is -2.34. The SMILES string of the molecule is O=C(CC[P+](c1ccccc1)(c1ccccc1)c1ccccc1)c1cn(C2CC2)c2cc(N3CCCCC3)c(F)cc2c1=O. The summed E-state index contributed by atoms with van der Waals surface area (Å²) in [5.41, 5.74) is 1.10. The van der Waals surface area contributed by atoms with Gasteiger partial charge in [0.15, 0.2) is 11.2 Å². The zero-order valence-corrected chi connectivity index (χ0v) is 25.8. The standard InChI is InChI=1S/C38H37FN2O2P/c39-34-25-32-35(26-36(34)40-22-11-4-12-23-40)41(28-19-20-28)27-33(38(32)43)37(42)21-24-44(29-13-5-1-6-14-29,30-15-7-2-8-16-30)31-17-9-3-10-18-31/h1-3,5-10,13-18,25-28H,4,11-12,19-24H2/q+1. The summed E-state index contributed by atoms with van der Waals surface area (Å²) < 4.78 is 17.6. The number of ketones is 1. The number of rotatable bonds is 9. The highest BCUT2D eigenvalue weighted by molar-refractivity contribution is 7.95. The van der Waals surface area contributed by atoms with Gasteiger partial charge < -0.3 is 9.47 Å². The van der Waals surface area contributed by atoms with E-state index in [1.165, 1.54) is 22.0 Å². The van der Waals surface area contributed by atoms with E-state index in [1.54, 1.807) is 6.20 Å². The molecule has 7 rings (SSSR count). The van der Waals surface area contributed by atoms with Gasteiger partial charge in [0.1, 0.15) is 29.0 Å². The molecule has 2 heterocycles. The monoisotopic (exact) mass is 603 g/mol. The molecule has 5 aromatic rings. The van der Waals surface area contributed by atoms with Crippen molar-refractivity contribution in [2.24, 2.45) is 0 Å². The number of hydrogen-bond acceptors (Lipinski definition) is 3. The summed E-state index contributed by atoms with van der Waals surface area (Å²) >= 11 is 0. The Labute approximate surface area is 258 Å². The molecule has 2 fully saturated rings. The summed E-state index contributed by atoms with van der Waals surface area (Å²) in [5, 5.41) is 3.90. The number of benzene rings is 4. The molecule has 1 aromatic heterocycles. The van der Waals surface area contributed by atoms with Gasteiger partial charge in [0.25, 0.3) is 0 Å². The molecule has 0 bridgehead atoms. The van der Waals surface area contributed by atoms with Crippen LogP contribution in [0.3, 0.4) is 0 Å². The first-order valence-corrected chi connectivity index (χ1v) is 17.7. The minimum atomic E-state index is -2.23. The molecular weight excluding hydrogens is 566 g/mol. The highest BCUT2D eigenvalue weighted by Gasteiger charge is 2.45. The van der Waals surface area contributed by atoms with Crippen molar-refractivity contribution in [1.29, 1.82) is 0 Å². The number of nitrogens with zero attached hydrogens (tertiary/aromatic N) is 2. The molecule has 222 valence electrons. The molecule has 0 amide bonds. The number of halogens is 1. The van der Waals surface area contributed by atoms with Crippen LogP contribution in [0.2, 0.25) is 0 Å². The van der Waals surface area contributed by atoms with E-state index in [9.17, 15) is 9.59 Å². The quantitative estimate of drug-likeness (QED) is 0.134. The first kappa shape index (κ1) is 28.7. The Morgan fingerprint density at radius 3 is 1.84 bits per heavy atom. The average Bonchev–Trinajstić information content (AvgIpc) is 3.93. The van der Waals surface area contributed by atoms with Crippen molar-refractivity contribution in [1.82, 2.24) is 4.57 Å². The average molecular weight is 604 g/mol. The molecule has 0 spiro atoms. The van der Waals surface area contributed by atoms with E-state index in [1.807, 2.05) is 24.3 Å².